The first-order chi connectivity index (χ1) is 12.3. The van der Waals surface area contributed by atoms with Crippen LogP contribution in [-0.4, -0.2) is 4.98 Å². The van der Waals surface area contributed by atoms with E-state index in [4.69, 9.17) is 4.42 Å². The Morgan fingerprint density at radius 2 is 1.52 bits per heavy atom. The zero-order valence-electron chi connectivity index (χ0n) is 13.3. The molecule has 3 nitrogen and oxygen atoms in total. The highest BCUT2D eigenvalue weighted by Gasteiger charge is 2.11. The van der Waals surface area contributed by atoms with Gasteiger partial charge in [-0.05, 0) is 34.5 Å². The van der Waals surface area contributed by atoms with Gasteiger partial charge in [0, 0.05) is 17.1 Å². The number of rotatable bonds is 1. The molecule has 0 aliphatic rings. The van der Waals surface area contributed by atoms with Crippen molar-refractivity contribution in [3.8, 4) is 11.1 Å². The Balaban J connectivity index is 1.85. The van der Waals surface area contributed by atoms with Gasteiger partial charge in [0.2, 0.25) is 0 Å². The van der Waals surface area contributed by atoms with Crippen LogP contribution >= 0.6 is 0 Å². The molecule has 3 aromatic carbocycles. The fourth-order valence-electron chi connectivity index (χ4n) is 3.37. The summed E-state index contributed by atoms with van der Waals surface area (Å²) in [6.45, 7) is 0. The predicted octanol–water partition coefficient (Wildman–Crippen LogP) is 5.16. The summed E-state index contributed by atoms with van der Waals surface area (Å²) in [7, 11) is 0. The van der Waals surface area contributed by atoms with Crippen LogP contribution in [0, 0.1) is 0 Å². The summed E-state index contributed by atoms with van der Waals surface area (Å²) < 4.78 is 5.46. The molecule has 25 heavy (non-hydrogen) atoms. The second-order valence-corrected chi connectivity index (χ2v) is 6.03. The Morgan fingerprint density at radius 3 is 2.44 bits per heavy atom. The molecule has 0 fully saturated rings. The third-order valence-corrected chi connectivity index (χ3v) is 4.55. The average Bonchev–Trinajstić information content (AvgIpc) is 2.67. The zero-order chi connectivity index (χ0) is 16.8. The number of hydrogen-bond donors (Lipinski definition) is 0. The third kappa shape index (κ3) is 2.13. The summed E-state index contributed by atoms with van der Waals surface area (Å²) >= 11 is 0. The maximum Gasteiger partial charge on any atom is 0.345 e. The second kappa shape index (κ2) is 5.28. The van der Waals surface area contributed by atoms with Crippen molar-refractivity contribution < 1.29 is 4.42 Å². The lowest BCUT2D eigenvalue weighted by Gasteiger charge is -2.08. The molecule has 0 saturated heterocycles. The van der Waals surface area contributed by atoms with Gasteiger partial charge >= 0.3 is 5.63 Å². The first-order valence-electron chi connectivity index (χ1n) is 8.11. The Labute approximate surface area is 143 Å². The maximum atomic E-state index is 12.4. The zero-order valence-corrected chi connectivity index (χ0v) is 13.3. The van der Waals surface area contributed by atoms with E-state index in [1.807, 2.05) is 54.7 Å². The smallest absolute Gasteiger partial charge is 0.345 e. The van der Waals surface area contributed by atoms with E-state index in [2.05, 4.69) is 23.2 Å². The molecule has 118 valence electrons. The molecule has 0 amide bonds. The average molecular weight is 323 g/mol. The summed E-state index contributed by atoms with van der Waals surface area (Å²) in [5.41, 5.74) is 2.84. The van der Waals surface area contributed by atoms with Gasteiger partial charge in [-0.2, -0.15) is 0 Å². The van der Waals surface area contributed by atoms with Crippen molar-refractivity contribution in [2.75, 3.05) is 0 Å². The largest absolute Gasteiger partial charge is 0.422 e. The van der Waals surface area contributed by atoms with E-state index in [0.29, 0.717) is 16.5 Å². The van der Waals surface area contributed by atoms with E-state index < -0.39 is 0 Å². The van der Waals surface area contributed by atoms with Crippen LogP contribution in [0.5, 0.6) is 0 Å². The molecule has 5 aromatic rings. The SMILES string of the molecule is O=c1oc2ccccc2c2ncc(-c3cccc4ccccc34)cc12. The maximum absolute atomic E-state index is 12.4. The molecule has 0 bridgehead atoms. The number of pyridine rings is 1. The van der Waals surface area contributed by atoms with Crippen molar-refractivity contribution in [3.63, 3.8) is 0 Å². The number of benzene rings is 3. The molecular formula is C22H13NO2. The standard InChI is InChI=1S/C22H13NO2/c24-22-19-12-15(17-10-5-7-14-6-1-2-8-16(14)17)13-23-21(19)18-9-3-4-11-20(18)25-22/h1-13H. The number of para-hydroxylation sites is 1. The number of aromatic nitrogens is 1. The van der Waals surface area contributed by atoms with Gasteiger partial charge in [-0.15, -0.1) is 0 Å². The minimum atomic E-state index is -0.358. The fourth-order valence-corrected chi connectivity index (χ4v) is 3.37. The lowest BCUT2D eigenvalue weighted by Crippen LogP contribution is -2.01. The Bertz CT molecular complexity index is 1310. The van der Waals surface area contributed by atoms with Crippen molar-refractivity contribution in [2.24, 2.45) is 0 Å². The molecule has 0 saturated carbocycles. The fraction of sp³-hybridized carbons (Fsp3) is 0. The van der Waals surface area contributed by atoms with E-state index in [1.165, 1.54) is 0 Å². The predicted molar refractivity (Wildman–Crippen MR) is 101 cm³/mol. The molecule has 0 aliphatic heterocycles. The van der Waals surface area contributed by atoms with Gasteiger partial charge in [-0.1, -0.05) is 54.6 Å². The van der Waals surface area contributed by atoms with Gasteiger partial charge in [0.05, 0.1) is 10.9 Å². The molecule has 0 radical (unpaired) electrons. The molecule has 0 aliphatic carbocycles. The van der Waals surface area contributed by atoms with E-state index in [1.54, 1.807) is 6.07 Å². The third-order valence-electron chi connectivity index (χ3n) is 4.55. The summed E-state index contributed by atoms with van der Waals surface area (Å²) in [6, 6.07) is 23.7. The molecule has 0 spiro atoms. The topological polar surface area (TPSA) is 43.1 Å². The highest BCUT2D eigenvalue weighted by atomic mass is 16.4. The van der Waals surface area contributed by atoms with E-state index >= 15 is 0 Å². The van der Waals surface area contributed by atoms with Crippen LogP contribution in [0.1, 0.15) is 0 Å². The van der Waals surface area contributed by atoms with Crippen molar-refractivity contribution in [1.29, 1.82) is 0 Å². The Kier molecular flexibility index (Phi) is 2.94. The van der Waals surface area contributed by atoms with Crippen LogP contribution in [0.15, 0.2) is 88.2 Å². The molecule has 2 aromatic heterocycles. The first kappa shape index (κ1) is 13.9. The van der Waals surface area contributed by atoms with Crippen LogP contribution in [0.25, 0.3) is 43.8 Å². The normalized spacial score (nSPS) is 11.4. The molecule has 2 heterocycles. The summed E-state index contributed by atoms with van der Waals surface area (Å²) in [4.78, 5) is 17.0. The second-order valence-electron chi connectivity index (χ2n) is 6.03. The highest BCUT2D eigenvalue weighted by Crippen LogP contribution is 2.30. The van der Waals surface area contributed by atoms with Gasteiger partial charge in [0.1, 0.15) is 5.58 Å². The number of nitrogens with zero attached hydrogens (tertiary/aromatic N) is 1. The van der Waals surface area contributed by atoms with Crippen molar-refractivity contribution >= 4 is 32.6 Å². The van der Waals surface area contributed by atoms with Gasteiger partial charge < -0.3 is 4.42 Å². The van der Waals surface area contributed by atoms with Gasteiger partial charge in [-0.3, -0.25) is 4.98 Å². The van der Waals surface area contributed by atoms with E-state index in [9.17, 15) is 4.79 Å². The molecule has 0 atom stereocenters. The Morgan fingerprint density at radius 1 is 0.760 bits per heavy atom. The lowest BCUT2D eigenvalue weighted by atomic mass is 9.98. The molecule has 3 heteroatoms. The quantitative estimate of drug-likeness (QED) is 0.316. The first-order valence-corrected chi connectivity index (χ1v) is 8.11. The van der Waals surface area contributed by atoms with Crippen LogP contribution in [0.2, 0.25) is 0 Å². The highest BCUT2D eigenvalue weighted by molar-refractivity contribution is 6.04. The number of fused-ring (bicyclic) bond motifs is 4. The number of hydrogen-bond acceptors (Lipinski definition) is 3. The minimum absolute atomic E-state index is 0.358. The van der Waals surface area contributed by atoms with Crippen molar-refractivity contribution in [3.05, 3.63) is 89.4 Å². The molecule has 0 N–H and O–H groups in total. The molecule has 0 unspecified atom stereocenters. The summed E-state index contributed by atoms with van der Waals surface area (Å²) in [5.74, 6) is 0. The minimum Gasteiger partial charge on any atom is -0.422 e. The van der Waals surface area contributed by atoms with Gasteiger partial charge in [-0.25, -0.2) is 4.79 Å². The van der Waals surface area contributed by atoms with Crippen LogP contribution in [-0.2, 0) is 0 Å². The molecular weight excluding hydrogens is 310 g/mol. The van der Waals surface area contributed by atoms with Crippen LogP contribution < -0.4 is 5.63 Å². The molecule has 5 rings (SSSR count). The monoisotopic (exact) mass is 323 g/mol. The van der Waals surface area contributed by atoms with Crippen molar-refractivity contribution in [2.45, 2.75) is 0 Å². The summed E-state index contributed by atoms with van der Waals surface area (Å²) in [5, 5.41) is 3.65. The lowest BCUT2D eigenvalue weighted by molar-refractivity contribution is 0.569. The Hall–Kier alpha value is -3.46. The van der Waals surface area contributed by atoms with Crippen LogP contribution in [0.4, 0.5) is 0 Å². The van der Waals surface area contributed by atoms with E-state index in [0.717, 1.165) is 27.3 Å². The van der Waals surface area contributed by atoms with Crippen LogP contribution in [0.3, 0.4) is 0 Å². The van der Waals surface area contributed by atoms with Crippen molar-refractivity contribution in [1.82, 2.24) is 4.98 Å². The van der Waals surface area contributed by atoms with Gasteiger partial charge in [0.15, 0.2) is 0 Å². The summed E-state index contributed by atoms with van der Waals surface area (Å²) in [6.07, 6.45) is 1.83. The van der Waals surface area contributed by atoms with E-state index in [-0.39, 0.29) is 5.63 Å². The van der Waals surface area contributed by atoms with Gasteiger partial charge in [0.25, 0.3) is 0 Å².